The van der Waals surface area contributed by atoms with Crippen molar-refractivity contribution in [2.45, 2.75) is 40.2 Å². The first kappa shape index (κ1) is 26.4. The van der Waals surface area contributed by atoms with Gasteiger partial charge < -0.3 is 14.5 Å². The van der Waals surface area contributed by atoms with Gasteiger partial charge in [0.2, 0.25) is 0 Å². The van der Waals surface area contributed by atoms with Crippen molar-refractivity contribution in [2.24, 2.45) is 0 Å². The van der Waals surface area contributed by atoms with Crippen LogP contribution in [-0.4, -0.2) is 77.6 Å². The molecule has 0 unspecified atom stereocenters. The SMILES string of the molecule is CCCn1c(N2CCN(C)CC2)c(C=C2SC(=S)N(CCCOCC)C2=O)c(C)c(C#N)c1=O. The third-order valence-corrected chi connectivity index (χ3v) is 7.50. The number of thioether (sulfide) groups is 1. The van der Waals surface area contributed by atoms with E-state index >= 15 is 0 Å². The number of aromatic nitrogens is 1. The molecule has 184 valence electrons. The van der Waals surface area contributed by atoms with Crippen LogP contribution in [0.4, 0.5) is 5.82 Å². The maximum Gasteiger partial charge on any atom is 0.270 e. The summed E-state index contributed by atoms with van der Waals surface area (Å²) in [5.74, 6) is 0.653. The number of rotatable bonds is 9. The molecule has 3 rings (SSSR count). The number of carbonyl (C=O) groups excluding carboxylic acids is 1. The van der Waals surface area contributed by atoms with Crippen LogP contribution in [-0.2, 0) is 16.1 Å². The Bertz CT molecular complexity index is 1070. The molecule has 0 radical (unpaired) electrons. The lowest BCUT2D eigenvalue weighted by atomic mass is 10.0. The zero-order valence-electron chi connectivity index (χ0n) is 20.4. The minimum Gasteiger partial charge on any atom is -0.382 e. The molecular weight excluding hydrogens is 470 g/mol. The molecule has 0 atom stereocenters. The summed E-state index contributed by atoms with van der Waals surface area (Å²) in [6.45, 7) is 11.3. The highest BCUT2D eigenvalue weighted by Gasteiger charge is 2.33. The molecule has 1 aromatic rings. The number of ether oxygens (including phenoxy) is 1. The predicted octanol–water partition coefficient (Wildman–Crippen LogP) is 2.82. The molecule has 0 aromatic carbocycles. The number of hydrogen-bond donors (Lipinski definition) is 0. The van der Waals surface area contributed by atoms with Crippen molar-refractivity contribution >= 4 is 46.1 Å². The van der Waals surface area contributed by atoms with Crippen LogP contribution in [0.25, 0.3) is 6.08 Å². The van der Waals surface area contributed by atoms with Crippen LogP contribution in [0.15, 0.2) is 9.70 Å². The molecule has 8 nitrogen and oxygen atoms in total. The lowest BCUT2D eigenvalue weighted by molar-refractivity contribution is -0.122. The van der Waals surface area contributed by atoms with Gasteiger partial charge >= 0.3 is 0 Å². The zero-order valence-corrected chi connectivity index (χ0v) is 22.1. The Labute approximate surface area is 211 Å². The minimum absolute atomic E-state index is 0.129. The summed E-state index contributed by atoms with van der Waals surface area (Å²) < 4.78 is 7.63. The van der Waals surface area contributed by atoms with Gasteiger partial charge in [-0.2, -0.15) is 5.26 Å². The van der Waals surface area contributed by atoms with Gasteiger partial charge in [0.15, 0.2) is 0 Å². The summed E-state index contributed by atoms with van der Waals surface area (Å²) in [5.41, 5.74) is 1.22. The first-order valence-electron chi connectivity index (χ1n) is 11.8. The number of likely N-dealkylation sites (N-methyl/N-ethyl adjacent to an activating group) is 1. The van der Waals surface area contributed by atoms with E-state index in [0.717, 1.165) is 44.0 Å². The Morgan fingerprint density at radius 2 is 1.88 bits per heavy atom. The number of nitrogens with zero attached hydrogens (tertiary/aromatic N) is 5. The maximum atomic E-state index is 13.2. The van der Waals surface area contributed by atoms with E-state index in [0.29, 0.717) is 47.5 Å². The molecule has 0 N–H and O–H groups in total. The van der Waals surface area contributed by atoms with Crippen LogP contribution in [0.1, 0.15) is 43.4 Å². The number of hydrogen-bond acceptors (Lipinski definition) is 8. The van der Waals surface area contributed by atoms with Crippen LogP contribution >= 0.6 is 24.0 Å². The minimum atomic E-state index is -0.267. The molecule has 2 fully saturated rings. The second-order valence-electron chi connectivity index (χ2n) is 8.48. The third kappa shape index (κ3) is 5.54. The molecule has 2 aliphatic heterocycles. The lowest BCUT2D eigenvalue weighted by Gasteiger charge is -2.36. The van der Waals surface area contributed by atoms with Crippen molar-refractivity contribution in [3.63, 3.8) is 0 Å². The highest BCUT2D eigenvalue weighted by molar-refractivity contribution is 8.26. The Balaban J connectivity index is 2.08. The fraction of sp³-hybridized carbons (Fsp3) is 0.583. The first-order chi connectivity index (χ1) is 16.3. The van der Waals surface area contributed by atoms with Crippen molar-refractivity contribution in [3.05, 3.63) is 31.9 Å². The predicted molar refractivity (Wildman–Crippen MR) is 141 cm³/mol. The molecule has 10 heteroatoms. The van der Waals surface area contributed by atoms with Crippen LogP contribution < -0.4 is 10.5 Å². The molecule has 0 bridgehead atoms. The molecule has 0 aliphatic carbocycles. The van der Waals surface area contributed by atoms with Gasteiger partial charge in [0.1, 0.15) is 21.8 Å². The van der Waals surface area contributed by atoms with Crippen molar-refractivity contribution in [2.75, 3.05) is 57.9 Å². The summed E-state index contributed by atoms with van der Waals surface area (Å²) in [6, 6.07) is 2.10. The summed E-state index contributed by atoms with van der Waals surface area (Å²) in [6.07, 6.45) is 3.30. The normalized spacial score (nSPS) is 18.3. The lowest BCUT2D eigenvalue weighted by Crippen LogP contribution is -2.47. The molecule has 1 amide bonds. The second kappa shape index (κ2) is 12.0. The Morgan fingerprint density at radius 3 is 2.50 bits per heavy atom. The summed E-state index contributed by atoms with van der Waals surface area (Å²) in [5, 5.41) is 9.77. The van der Waals surface area contributed by atoms with Gasteiger partial charge in [-0.25, -0.2) is 0 Å². The van der Waals surface area contributed by atoms with Gasteiger partial charge in [-0.1, -0.05) is 30.9 Å². The number of amides is 1. The third-order valence-electron chi connectivity index (χ3n) is 6.12. The van der Waals surface area contributed by atoms with E-state index in [-0.39, 0.29) is 17.0 Å². The topological polar surface area (TPSA) is 81.8 Å². The zero-order chi connectivity index (χ0) is 24.8. The monoisotopic (exact) mass is 503 g/mol. The highest BCUT2D eigenvalue weighted by Crippen LogP contribution is 2.36. The molecule has 0 saturated carbocycles. The van der Waals surface area contributed by atoms with Crippen LogP contribution in [0.2, 0.25) is 0 Å². The first-order valence-corrected chi connectivity index (χ1v) is 13.0. The molecule has 3 heterocycles. The van der Waals surface area contributed by atoms with Crippen molar-refractivity contribution in [3.8, 4) is 6.07 Å². The van der Waals surface area contributed by atoms with Gasteiger partial charge in [-0.3, -0.25) is 19.1 Å². The van der Waals surface area contributed by atoms with Crippen molar-refractivity contribution in [1.82, 2.24) is 14.4 Å². The number of thiocarbonyl (C=S) groups is 1. The average molecular weight is 504 g/mol. The second-order valence-corrected chi connectivity index (χ2v) is 10.2. The van der Waals surface area contributed by atoms with Gasteiger partial charge in [0, 0.05) is 58.0 Å². The van der Waals surface area contributed by atoms with E-state index in [1.165, 1.54) is 11.8 Å². The largest absolute Gasteiger partial charge is 0.382 e. The molecule has 2 saturated heterocycles. The standard InChI is InChI=1S/C24H33N5O3S2/c1-5-8-28-21(27-12-10-26(4)11-13-27)18(17(3)19(16-25)22(28)30)15-20-23(31)29(24(33)34-20)9-7-14-32-6-2/h15H,5-14H2,1-4H3. The molecular formula is C24H33N5O3S2. The fourth-order valence-electron chi connectivity index (χ4n) is 4.23. The van der Waals surface area contributed by atoms with Crippen LogP contribution in [0.3, 0.4) is 0 Å². The summed E-state index contributed by atoms with van der Waals surface area (Å²) in [7, 11) is 2.08. The Kier molecular flexibility index (Phi) is 9.31. The fourth-order valence-corrected chi connectivity index (χ4v) is 5.52. The molecule has 1 aromatic heterocycles. The summed E-state index contributed by atoms with van der Waals surface area (Å²) in [4.78, 5) is 33.0. The number of carbonyl (C=O) groups is 1. The van der Waals surface area contributed by atoms with Gasteiger partial charge in [0.05, 0.1) is 4.91 Å². The average Bonchev–Trinajstić information content (AvgIpc) is 3.08. The van der Waals surface area contributed by atoms with E-state index < -0.39 is 0 Å². The van der Waals surface area contributed by atoms with Crippen LogP contribution in [0.5, 0.6) is 0 Å². The summed E-state index contributed by atoms with van der Waals surface area (Å²) >= 11 is 6.77. The number of pyridine rings is 1. The van der Waals surface area contributed by atoms with E-state index in [2.05, 4.69) is 22.9 Å². The highest BCUT2D eigenvalue weighted by atomic mass is 32.2. The van der Waals surface area contributed by atoms with Gasteiger partial charge in [-0.15, -0.1) is 0 Å². The van der Waals surface area contributed by atoms with Crippen molar-refractivity contribution in [1.29, 1.82) is 5.26 Å². The van der Waals surface area contributed by atoms with Gasteiger partial charge in [-0.05, 0) is 45.4 Å². The number of anilines is 1. The van der Waals surface area contributed by atoms with Crippen molar-refractivity contribution < 1.29 is 9.53 Å². The quantitative estimate of drug-likeness (QED) is 0.289. The van der Waals surface area contributed by atoms with Crippen LogP contribution in [0, 0.1) is 18.3 Å². The molecule has 0 spiro atoms. The Hall–Kier alpha value is -2.19. The number of piperazine rings is 1. The molecule has 2 aliphatic rings. The Morgan fingerprint density at radius 1 is 1.18 bits per heavy atom. The van der Waals surface area contributed by atoms with E-state index in [1.54, 1.807) is 16.4 Å². The maximum absolute atomic E-state index is 13.2. The number of nitriles is 1. The van der Waals surface area contributed by atoms with E-state index in [1.807, 2.05) is 19.9 Å². The van der Waals surface area contributed by atoms with E-state index in [4.69, 9.17) is 17.0 Å². The molecule has 34 heavy (non-hydrogen) atoms. The smallest absolute Gasteiger partial charge is 0.270 e. The van der Waals surface area contributed by atoms with E-state index in [9.17, 15) is 14.9 Å². The van der Waals surface area contributed by atoms with Gasteiger partial charge in [0.25, 0.3) is 11.5 Å².